The highest BCUT2D eigenvalue weighted by Crippen LogP contribution is 2.32. The van der Waals surface area contributed by atoms with Crippen LogP contribution in [0.25, 0.3) is 10.2 Å². The van der Waals surface area contributed by atoms with Gasteiger partial charge in [-0.15, -0.1) is 29.1 Å². The quantitative estimate of drug-likeness (QED) is 0.252. The van der Waals surface area contributed by atoms with Gasteiger partial charge in [-0.1, -0.05) is 59.8 Å². The fourth-order valence-corrected chi connectivity index (χ4v) is 5.95. The molecule has 1 aliphatic rings. The molecule has 0 bridgehead atoms. The van der Waals surface area contributed by atoms with E-state index in [1.54, 1.807) is 10.9 Å². The zero-order valence-corrected chi connectivity index (χ0v) is 22.0. The van der Waals surface area contributed by atoms with Gasteiger partial charge in [-0.2, -0.15) is 0 Å². The van der Waals surface area contributed by atoms with Crippen LogP contribution in [0.15, 0.2) is 83.3 Å². The summed E-state index contributed by atoms with van der Waals surface area (Å²) in [5, 5.41) is 22.3. The number of thiazole rings is 1. The van der Waals surface area contributed by atoms with Crippen molar-refractivity contribution in [2.75, 3.05) is 0 Å². The Labute approximate surface area is 228 Å². The number of thiol groups is 1. The summed E-state index contributed by atoms with van der Waals surface area (Å²) in [5.74, 6) is 0.460. The molecular weight excluding hydrogens is 518 g/mol. The standard InChI is InChI=1S/C28H25N5O3S2/c34-24-13-18-8-4-5-9-21(18)26(24)30-27(35)23(12-17-6-2-1-3-7-17)33-15-19(31-32-33)16-36-20-10-11-22-25(14-20)38-28(37)29-22/h1-11,14-15,23-24,26,34H,12-13,16H2,(H,29,37)(H,30,35)/t23-,24-,26?/m0/s1. The van der Waals surface area contributed by atoms with Gasteiger partial charge in [-0.25, -0.2) is 9.67 Å². The average Bonchev–Trinajstić information content (AvgIpc) is 3.63. The topological polar surface area (TPSA) is 102 Å². The number of nitrogens with one attached hydrogen (secondary N) is 1. The molecule has 10 heteroatoms. The molecule has 2 N–H and O–H groups in total. The zero-order chi connectivity index (χ0) is 26.1. The third-order valence-electron chi connectivity index (χ3n) is 6.69. The minimum Gasteiger partial charge on any atom is -0.487 e. The second kappa shape index (κ2) is 10.6. The van der Waals surface area contributed by atoms with Gasteiger partial charge in [0.1, 0.15) is 28.4 Å². The van der Waals surface area contributed by atoms with Crippen molar-refractivity contribution in [3.63, 3.8) is 0 Å². The summed E-state index contributed by atoms with van der Waals surface area (Å²) < 4.78 is 9.22. The van der Waals surface area contributed by atoms with Crippen LogP contribution in [0.4, 0.5) is 0 Å². The predicted molar refractivity (Wildman–Crippen MR) is 147 cm³/mol. The number of amides is 1. The van der Waals surface area contributed by atoms with E-state index in [4.69, 9.17) is 4.74 Å². The number of rotatable bonds is 8. The molecule has 0 fully saturated rings. The lowest BCUT2D eigenvalue weighted by Gasteiger charge is -2.23. The van der Waals surface area contributed by atoms with Crippen LogP contribution in [0.5, 0.6) is 5.75 Å². The first-order valence-electron chi connectivity index (χ1n) is 12.3. The number of ether oxygens (including phenoxy) is 1. The van der Waals surface area contributed by atoms with Crippen molar-refractivity contribution in [2.24, 2.45) is 0 Å². The van der Waals surface area contributed by atoms with E-state index >= 15 is 0 Å². The van der Waals surface area contributed by atoms with E-state index in [0.717, 1.165) is 26.9 Å². The van der Waals surface area contributed by atoms with E-state index in [2.05, 4.69) is 33.2 Å². The maximum absolute atomic E-state index is 13.6. The van der Waals surface area contributed by atoms with Gasteiger partial charge >= 0.3 is 0 Å². The molecule has 0 aliphatic heterocycles. The van der Waals surface area contributed by atoms with Crippen LogP contribution < -0.4 is 10.1 Å². The van der Waals surface area contributed by atoms with Gasteiger partial charge in [-0.3, -0.25) is 4.79 Å². The Kier molecular flexibility index (Phi) is 6.84. The predicted octanol–water partition coefficient (Wildman–Crippen LogP) is 4.31. The van der Waals surface area contributed by atoms with E-state index in [1.807, 2.05) is 72.8 Å². The molecule has 5 aromatic rings. The molecule has 1 aliphatic carbocycles. The molecule has 192 valence electrons. The van der Waals surface area contributed by atoms with Gasteiger partial charge in [0, 0.05) is 12.8 Å². The average molecular weight is 544 g/mol. The van der Waals surface area contributed by atoms with Crippen LogP contribution in [0, 0.1) is 0 Å². The number of hydrogen-bond acceptors (Lipinski definition) is 8. The lowest BCUT2D eigenvalue weighted by atomic mass is 10.0. The van der Waals surface area contributed by atoms with Gasteiger partial charge in [0.15, 0.2) is 0 Å². The number of carbonyl (C=O) groups is 1. The first kappa shape index (κ1) is 24.6. The Balaban J connectivity index is 1.20. The molecule has 0 saturated heterocycles. The van der Waals surface area contributed by atoms with E-state index in [1.165, 1.54) is 11.3 Å². The number of carbonyl (C=O) groups excluding carboxylic acids is 1. The minimum atomic E-state index is -0.678. The fourth-order valence-electron chi connectivity index (χ4n) is 4.81. The SMILES string of the molecule is O=C(NC1c2ccccc2C[C@@H]1O)[C@H](Cc1ccccc1)n1cc(COc2ccc3nc(S)sc3c2)nn1. The highest BCUT2D eigenvalue weighted by molar-refractivity contribution is 7.82. The van der Waals surface area contributed by atoms with Crippen molar-refractivity contribution >= 4 is 40.1 Å². The Hall–Kier alpha value is -3.73. The van der Waals surface area contributed by atoms with Crippen molar-refractivity contribution < 1.29 is 14.6 Å². The molecule has 1 unspecified atom stereocenters. The van der Waals surface area contributed by atoms with Crippen molar-refractivity contribution in [3.05, 3.63) is 101 Å². The molecule has 6 rings (SSSR count). The Morgan fingerprint density at radius 2 is 1.97 bits per heavy atom. The maximum atomic E-state index is 13.6. The molecule has 0 saturated carbocycles. The Morgan fingerprint density at radius 3 is 2.84 bits per heavy atom. The number of aliphatic hydroxyl groups excluding tert-OH is 1. The van der Waals surface area contributed by atoms with Gasteiger partial charge < -0.3 is 15.2 Å². The second-order valence-electron chi connectivity index (χ2n) is 9.27. The van der Waals surface area contributed by atoms with Crippen LogP contribution in [0.3, 0.4) is 0 Å². The molecule has 3 aromatic carbocycles. The van der Waals surface area contributed by atoms with Crippen molar-refractivity contribution in [2.45, 2.75) is 42.0 Å². The molecule has 0 spiro atoms. The summed E-state index contributed by atoms with van der Waals surface area (Å²) in [5.41, 5.74) is 4.47. The first-order valence-corrected chi connectivity index (χ1v) is 13.5. The number of hydrogen-bond donors (Lipinski definition) is 3. The largest absolute Gasteiger partial charge is 0.487 e. The summed E-state index contributed by atoms with van der Waals surface area (Å²) in [6, 6.07) is 22.1. The molecule has 38 heavy (non-hydrogen) atoms. The van der Waals surface area contributed by atoms with E-state index in [9.17, 15) is 9.90 Å². The van der Waals surface area contributed by atoms with Crippen LogP contribution in [-0.4, -0.2) is 37.1 Å². The second-order valence-corrected chi connectivity index (χ2v) is 11.0. The van der Waals surface area contributed by atoms with Crippen LogP contribution in [0.1, 0.15) is 34.5 Å². The minimum absolute atomic E-state index is 0.201. The first-order chi connectivity index (χ1) is 18.5. The van der Waals surface area contributed by atoms with Crippen molar-refractivity contribution in [1.29, 1.82) is 0 Å². The maximum Gasteiger partial charge on any atom is 0.245 e. The van der Waals surface area contributed by atoms with Crippen LogP contribution >= 0.6 is 24.0 Å². The van der Waals surface area contributed by atoms with Gasteiger partial charge in [0.2, 0.25) is 5.91 Å². The van der Waals surface area contributed by atoms with Crippen LogP contribution in [-0.2, 0) is 24.2 Å². The highest BCUT2D eigenvalue weighted by atomic mass is 32.2. The highest BCUT2D eigenvalue weighted by Gasteiger charge is 2.34. The molecule has 2 heterocycles. The van der Waals surface area contributed by atoms with E-state index in [0.29, 0.717) is 28.6 Å². The van der Waals surface area contributed by atoms with Crippen LogP contribution in [0.2, 0.25) is 0 Å². The van der Waals surface area contributed by atoms with Gasteiger partial charge in [0.05, 0.1) is 28.6 Å². The number of nitrogens with zero attached hydrogens (tertiary/aromatic N) is 4. The smallest absolute Gasteiger partial charge is 0.245 e. The number of fused-ring (bicyclic) bond motifs is 2. The Morgan fingerprint density at radius 1 is 1.16 bits per heavy atom. The third-order valence-corrected chi connectivity index (χ3v) is 7.88. The summed E-state index contributed by atoms with van der Waals surface area (Å²) in [7, 11) is 0. The molecule has 1 amide bonds. The van der Waals surface area contributed by atoms with Gasteiger partial charge in [-0.05, 0) is 34.9 Å². The summed E-state index contributed by atoms with van der Waals surface area (Å²) in [4.78, 5) is 18.0. The number of benzene rings is 3. The van der Waals surface area contributed by atoms with Gasteiger partial charge in [0.25, 0.3) is 0 Å². The lowest BCUT2D eigenvalue weighted by Crippen LogP contribution is -2.39. The normalized spacial score (nSPS) is 17.3. The summed E-state index contributed by atoms with van der Waals surface area (Å²) in [6.45, 7) is 0.201. The number of aromatic nitrogens is 4. The third kappa shape index (κ3) is 5.15. The monoisotopic (exact) mass is 543 g/mol. The summed E-state index contributed by atoms with van der Waals surface area (Å²) in [6.07, 6.45) is 2.00. The molecule has 3 atom stereocenters. The van der Waals surface area contributed by atoms with Crippen molar-refractivity contribution in [1.82, 2.24) is 25.3 Å². The van der Waals surface area contributed by atoms with Crippen molar-refractivity contribution in [3.8, 4) is 5.75 Å². The molecule has 0 radical (unpaired) electrons. The van der Waals surface area contributed by atoms with E-state index < -0.39 is 18.2 Å². The zero-order valence-electron chi connectivity index (χ0n) is 20.3. The molecule has 2 aromatic heterocycles. The summed E-state index contributed by atoms with van der Waals surface area (Å²) >= 11 is 5.80. The molecular formula is C28H25N5O3S2. The Bertz CT molecular complexity index is 1590. The van der Waals surface area contributed by atoms with E-state index in [-0.39, 0.29) is 12.5 Å². The number of aliphatic hydroxyl groups is 1. The lowest BCUT2D eigenvalue weighted by molar-refractivity contribution is -0.126. The fraction of sp³-hybridized carbons (Fsp3) is 0.214. The molecule has 8 nitrogen and oxygen atoms in total.